The molecule has 0 heterocycles. The largest absolute Gasteiger partial charge is 0.381 e. The molecule has 5 heteroatoms. The van der Waals surface area contributed by atoms with Gasteiger partial charge in [0.15, 0.2) is 0 Å². The molecule has 2 aromatic carbocycles. The van der Waals surface area contributed by atoms with E-state index in [2.05, 4.69) is 21.2 Å². The van der Waals surface area contributed by atoms with Gasteiger partial charge in [-0.05, 0) is 46.3 Å². The molecule has 0 radical (unpaired) electrons. The monoisotopic (exact) mass is 331 g/mol. The van der Waals surface area contributed by atoms with E-state index >= 15 is 0 Å². The number of rotatable bonds is 3. The van der Waals surface area contributed by atoms with Gasteiger partial charge in [-0.3, -0.25) is 0 Å². The molecule has 0 aliphatic rings. The fourth-order valence-corrected chi connectivity index (χ4v) is 1.87. The Morgan fingerprint density at radius 2 is 1.83 bits per heavy atom. The highest BCUT2D eigenvalue weighted by atomic mass is 79.9. The van der Waals surface area contributed by atoms with Crippen molar-refractivity contribution in [3.63, 3.8) is 0 Å². The third-order valence-corrected chi connectivity index (χ3v) is 3.30. The lowest BCUT2D eigenvalue weighted by atomic mass is 10.2. The maximum atomic E-state index is 13.5. The van der Waals surface area contributed by atoms with E-state index in [4.69, 9.17) is 11.6 Å². The lowest BCUT2D eigenvalue weighted by Crippen LogP contribution is -2.02. The van der Waals surface area contributed by atoms with Crippen molar-refractivity contribution in [3.8, 4) is 0 Å². The van der Waals surface area contributed by atoms with E-state index in [-0.39, 0.29) is 18.2 Å². The quantitative estimate of drug-likeness (QED) is 0.834. The van der Waals surface area contributed by atoms with Gasteiger partial charge in [0.05, 0.1) is 4.47 Å². The van der Waals surface area contributed by atoms with Crippen LogP contribution in [0.15, 0.2) is 40.9 Å². The number of hydrogen-bond donors (Lipinski definition) is 1. The molecule has 2 aromatic rings. The summed E-state index contributed by atoms with van der Waals surface area (Å²) in [6.45, 7) is 0.268. The van der Waals surface area contributed by atoms with Crippen LogP contribution in [0.2, 0.25) is 5.02 Å². The Labute approximate surface area is 117 Å². The van der Waals surface area contributed by atoms with Gasteiger partial charge in [-0.1, -0.05) is 17.7 Å². The summed E-state index contributed by atoms with van der Waals surface area (Å²) in [4.78, 5) is 0. The standard InChI is InChI=1S/C13H9BrClF2N/c14-11-4-3-10(6-13(11)17)18-7-8-1-2-9(15)5-12(8)16/h1-6,18H,7H2. The van der Waals surface area contributed by atoms with E-state index in [0.717, 1.165) is 0 Å². The fourth-order valence-electron chi connectivity index (χ4n) is 1.47. The van der Waals surface area contributed by atoms with Crippen molar-refractivity contribution in [2.45, 2.75) is 6.54 Å². The zero-order chi connectivity index (χ0) is 13.1. The highest BCUT2D eigenvalue weighted by molar-refractivity contribution is 9.10. The number of benzene rings is 2. The first-order valence-corrected chi connectivity index (χ1v) is 6.36. The second-order valence-corrected chi connectivity index (χ2v) is 5.01. The molecule has 0 unspecified atom stereocenters. The second-order valence-electron chi connectivity index (χ2n) is 3.72. The smallest absolute Gasteiger partial charge is 0.139 e. The van der Waals surface area contributed by atoms with E-state index in [9.17, 15) is 8.78 Å². The van der Waals surface area contributed by atoms with Gasteiger partial charge in [-0.2, -0.15) is 0 Å². The Kier molecular flexibility index (Phi) is 4.19. The summed E-state index contributed by atoms with van der Waals surface area (Å²) in [7, 11) is 0. The molecule has 0 saturated carbocycles. The molecule has 0 spiro atoms. The number of halogens is 4. The first-order chi connectivity index (χ1) is 8.56. The Morgan fingerprint density at radius 1 is 1.06 bits per heavy atom. The van der Waals surface area contributed by atoms with Crippen molar-refractivity contribution in [2.24, 2.45) is 0 Å². The van der Waals surface area contributed by atoms with Crippen molar-refractivity contribution in [1.29, 1.82) is 0 Å². The Bertz CT molecular complexity index is 575. The zero-order valence-electron chi connectivity index (χ0n) is 9.18. The normalized spacial score (nSPS) is 10.4. The van der Waals surface area contributed by atoms with Crippen LogP contribution >= 0.6 is 27.5 Å². The van der Waals surface area contributed by atoms with E-state index in [0.29, 0.717) is 20.7 Å². The summed E-state index contributed by atoms with van der Waals surface area (Å²) >= 11 is 8.72. The molecule has 0 atom stereocenters. The van der Waals surface area contributed by atoms with Crippen LogP contribution in [0.5, 0.6) is 0 Å². The minimum absolute atomic E-state index is 0.268. The Morgan fingerprint density at radius 3 is 2.50 bits per heavy atom. The van der Waals surface area contributed by atoms with E-state index in [1.54, 1.807) is 24.3 Å². The summed E-state index contributed by atoms with van der Waals surface area (Å²) in [6.07, 6.45) is 0. The van der Waals surface area contributed by atoms with Crippen LogP contribution in [0, 0.1) is 11.6 Å². The lowest BCUT2D eigenvalue weighted by molar-refractivity contribution is 0.612. The first-order valence-electron chi connectivity index (χ1n) is 5.19. The minimum Gasteiger partial charge on any atom is -0.381 e. The molecule has 94 valence electrons. The Hall–Kier alpha value is -1.13. The lowest BCUT2D eigenvalue weighted by Gasteiger charge is -2.08. The second kappa shape index (κ2) is 5.67. The average molecular weight is 333 g/mol. The third-order valence-electron chi connectivity index (χ3n) is 2.42. The van der Waals surface area contributed by atoms with Gasteiger partial charge in [0, 0.05) is 22.8 Å². The topological polar surface area (TPSA) is 12.0 Å². The SMILES string of the molecule is Fc1cc(NCc2ccc(Cl)cc2F)ccc1Br. The predicted octanol–water partition coefficient (Wildman–Crippen LogP) is 4.99. The van der Waals surface area contributed by atoms with Crippen LogP contribution in [-0.2, 0) is 6.54 Å². The maximum Gasteiger partial charge on any atom is 0.139 e. The molecular weight excluding hydrogens is 324 g/mol. The number of hydrogen-bond acceptors (Lipinski definition) is 1. The Balaban J connectivity index is 2.09. The number of nitrogens with one attached hydrogen (secondary N) is 1. The molecule has 18 heavy (non-hydrogen) atoms. The van der Waals surface area contributed by atoms with Crippen LogP contribution in [-0.4, -0.2) is 0 Å². The fraction of sp³-hybridized carbons (Fsp3) is 0.0769. The van der Waals surface area contributed by atoms with Crippen LogP contribution in [0.3, 0.4) is 0 Å². The van der Waals surface area contributed by atoms with Crippen LogP contribution in [0.25, 0.3) is 0 Å². The van der Waals surface area contributed by atoms with E-state index in [1.165, 1.54) is 12.1 Å². The highest BCUT2D eigenvalue weighted by Crippen LogP contribution is 2.20. The molecule has 0 fully saturated rings. The molecule has 0 bridgehead atoms. The van der Waals surface area contributed by atoms with Gasteiger partial charge in [0.2, 0.25) is 0 Å². The van der Waals surface area contributed by atoms with E-state index in [1.807, 2.05) is 0 Å². The van der Waals surface area contributed by atoms with Crippen molar-refractivity contribution in [2.75, 3.05) is 5.32 Å². The average Bonchev–Trinajstić information content (AvgIpc) is 2.32. The molecule has 1 nitrogen and oxygen atoms in total. The van der Waals surface area contributed by atoms with Gasteiger partial charge < -0.3 is 5.32 Å². The van der Waals surface area contributed by atoms with Gasteiger partial charge >= 0.3 is 0 Å². The molecule has 0 amide bonds. The molecular formula is C13H9BrClF2N. The third kappa shape index (κ3) is 3.21. The summed E-state index contributed by atoms with van der Waals surface area (Å²) in [6, 6.07) is 9.11. The molecule has 1 N–H and O–H groups in total. The minimum atomic E-state index is -0.382. The summed E-state index contributed by atoms with van der Waals surface area (Å²) < 4.78 is 27.1. The van der Waals surface area contributed by atoms with Crippen molar-refractivity contribution in [3.05, 3.63) is 63.1 Å². The van der Waals surface area contributed by atoms with Crippen LogP contribution in [0.1, 0.15) is 5.56 Å². The van der Waals surface area contributed by atoms with Gasteiger partial charge in [-0.15, -0.1) is 0 Å². The highest BCUT2D eigenvalue weighted by Gasteiger charge is 2.04. The predicted molar refractivity (Wildman–Crippen MR) is 72.8 cm³/mol. The van der Waals surface area contributed by atoms with Crippen molar-refractivity contribution in [1.82, 2.24) is 0 Å². The van der Waals surface area contributed by atoms with Crippen LogP contribution < -0.4 is 5.32 Å². The molecule has 2 rings (SSSR count). The van der Waals surface area contributed by atoms with Crippen molar-refractivity contribution < 1.29 is 8.78 Å². The zero-order valence-corrected chi connectivity index (χ0v) is 11.5. The van der Waals surface area contributed by atoms with Crippen molar-refractivity contribution >= 4 is 33.2 Å². The molecule has 0 aliphatic heterocycles. The maximum absolute atomic E-state index is 13.5. The molecule has 0 aliphatic carbocycles. The number of anilines is 1. The van der Waals surface area contributed by atoms with E-state index < -0.39 is 0 Å². The summed E-state index contributed by atoms with van der Waals surface area (Å²) in [5.74, 6) is -0.746. The first kappa shape index (κ1) is 13.3. The summed E-state index contributed by atoms with van der Waals surface area (Å²) in [5, 5.41) is 3.30. The summed E-state index contributed by atoms with van der Waals surface area (Å²) in [5.41, 5.74) is 1.06. The van der Waals surface area contributed by atoms with Gasteiger partial charge in [-0.25, -0.2) is 8.78 Å². The van der Waals surface area contributed by atoms with Gasteiger partial charge in [0.1, 0.15) is 11.6 Å². The van der Waals surface area contributed by atoms with Gasteiger partial charge in [0.25, 0.3) is 0 Å². The molecule has 0 aromatic heterocycles. The van der Waals surface area contributed by atoms with Crippen LogP contribution in [0.4, 0.5) is 14.5 Å². The molecule has 0 saturated heterocycles.